The highest BCUT2D eigenvalue weighted by Crippen LogP contribution is 2.33. The van der Waals surface area contributed by atoms with E-state index >= 15 is 0 Å². The van der Waals surface area contributed by atoms with Crippen molar-refractivity contribution in [2.75, 3.05) is 6.61 Å². The molecule has 0 bridgehead atoms. The van der Waals surface area contributed by atoms with Gasteiger partial charge in [-0.15, -0.1) is 0 Å². The van der Waals surface area contributed by atoms with Gasteiger partial charge >= 0.3 is 6.18 Å². The van der Waals surface area contributed by atoms with Gasteiger partial charge < -0.3 is 10.4 Å². The van der Waals surface area contributed by atoms with Crippen molar-refractivity contribution in [1.82, 2.24) is 5.32 Å². The monoisotopic (exact) mass is 417 g/mol. The summed E-state index contributed by atoms with van der Waals surface area (Å²) in [5.74, 6) is -0.234. The van der Waals surface area contributed by atoms with E-state index in [1.54, 1.807) is 18.2 Å². The van der Waals surface area contributed by atoms with Crippen molar-refractivity contribution in [3.05, 3.63) is 71.8 Å². The van der Waals surface area contributed by atoms with E-state index in [0.717, 1.165) is 28.5 Å². The molecule has 0 saturated carbocycles. The van der Waals surface area contributed by atoms with Gasteiger partial charge in [-0.1, -0.05) is 50.2 Å². The Morgan fingerprint density at radius 3 is 2.30 bits per heavy atom. The van der Waals surface area contributed by atoms with Crippen LogP contribution in [0.5, 0.6) is 0 Å². The summed E-state index contributed by atoms with van der Waals surface area (Å²) in [5, 5.41) is 13.4. The van der Waals surface area contributed by atoms with Crippen LogP contribution in [0.2, 0.25) is 0 Å². The van der Waals surface area contributed by atoms with Crippen LogP contribution in [0.25, 0.3) is 21.9 Å². The van der Waals surface area contributed by atoms with Gasteiger partial charge in [-0.05, 0) is 59.5 Å². The normalized spacial score (nSPS) is 12.1. The molecule has 0 heterocycles. The number of amides is 1. The van der Waals surface area contributed by atoms with Crippen LogP contribution in [0.1, 0.15) is 43.1 Å². The van der Waals surface area contributed by atoms with Gasteiger partial charge in [0.2, 0.25) is 0 Å². The van der Waals surface area contributed by atoms with E-state index in [9.17, 15) is 18.0 Å². The molecule has 0 spiro atoms. The zero-order valence-corrected chi connectivity index (χ0v) is 17.3. The fourth-order valence-electron chi connectivity index (χ4n) is 3.09. The van der Waals surface area contributed by atoms with E-state index in [-0.39, 0.29) is 18.6 Å². The molecule has 3 rings (SSSR count). The van der Waals surface area contributed by atoms with Gasteiger partial charge in [0.1, 0.15) is 0 Å². The molecule has 0 aliphatic heterocycles. The molecule has 3 aromatic rings. The number of halogens is 3. The lowest BCUT2D eigenvalue weighted by atomic mass is 9.96. The summed E-state index contributed by atoms with van der Waals surface area (Å²) in [5.41, 5.74) is 1.27. The molecule has 0 aliphatic rings. The quantitative estimate of drug-likeness (QED) is 0.531. The lowest BCUT2D eigenvalue weighted by Gasteiger charge is -2.14. The van der Waals surface area contributed by atoms with Crippen LogP contribution in [0.4, 0.5) is 13.2 Å². The number of benzene rings is 3. The molecule has 0 saturated heterocycles. The van der Waals surface area contributed by atoms with Crippen molar-refractivity contribution < 1.29 is 23.1 Å². The maximum absolute atomic E-state index is 12.8. The van der Waals surface area contributed by atoms with E-state index in [4.69, 9.17) is 5.11 Å². The van der Waals surface area contributed by atoms with Crippen LogP contribution in [0.15, 0.2) is 60.7 Å². The zero-order chi connectivity index (χ0) is 22.3. The van der Waals surface area contributed by atoms with E-state index in [1.165, 1.54) is 12.1 Å². The lowest BCUT2D eigenvalue weighted by Crippen LogP contribution is -2.33. The molecular formula is C24H26F3NO2. The minimum absolute atomic E-state index is 0.00431. The second-order valence-corrected chi connectivity index (χ2v) is 6.70. The number of aliphatic hydroxyl groups is 1. The summed E-state index contributed by atoms with van der Waals surface area (Å²) in [6.07, 6.45) is -3.90. The summed E-state index contributed by atoms with van der Waals surface area (Å²) >= 11 is 0. The standard InChI is InChI=1S/C22H20F3NO2.C2H6/c1-14(11-12-27)26-21(28)17-7-10-20-16(13-17)3-2-4-19(20)15-5-8-18(9-6-15)22(23,24)25;1-2/h2-10,13-14,27H,11-12H2,1H3,(H,26,28);1-2H3. The first-order valence-corrected chi connectivity index (χ1v) is 9.91. The fraction of sp³-hybridized carbons (Fsp3) is 0.292. The molecule has 0 fully saturated rings. The Hall–Kier alpha value is -2.86. The molecule has 0 radical (unpaired) electrons. The third-order valence-corrected chi connectivity index (χ3v) is 4.61. The van der Waals surface area contributed by atoms with Crippen LogP contribution in [-0.4, -0.2) is 23.7 Å². The largest absolute Gasteiger partial charge is 0.416 e. The highest BCUT2D eigenvalue weighted by molar-refractivity contribution is 6.02. The highest BCUT2D eigenvalue weighted by atomic mass is 19.4. The Labute approximate surface area is 174 Å². The number of nitrogens with one attached hydrogen (secondary N) is 1. The second kappa shape index (κ2) is 10.3. The number of fused-ring (bicyclic) bond motifs is 1. The predicted octanol–water partition coefficient (Wildman–Crippen LogP) is 6.05. The molecule has 6 heteroatoms. The van der Waals surface area contributed by atoms with Crippen LogP contribution in [0.3, 0.4) is 0 Å². The lowest BCUT2D eigenvalue weighted by molar-refractivity contribution is -0.137. The van der Waals surface area contributed by atoms with Crippen molar-refractivity contribution in [2.45, 2.75) is 39.4 Å². The maximum atomic E-state index is 12.8. The topological polar surface area (TPSA) is 49.3 Å². The van der Waals surface area contributed by atoms with Gasteiger partial charge in [-0.25, -0.2) is 0 Å². The van der Waals surface area contributed by atoms with Crippen molar-refractivity contribution >= 4 is 16.7 Å². The first-order chi connectivity index (χ1) is 14.3. The molecule has 2 N–H and O–H groups in total. The molecule has 1 unspecified atom stereocenters. The molecule has 160 valence electrons. The number of rotatable bonds is 5. The molecule has 3 nitrogen and oxygen atoms in total. The second-order valence-electron chi connectivity index (χ2n) is 6.70. The third kappa shape index (κ3) is 5.60. The van der Waals surface area contributed by atoms with Crippen molar-refractivity contribution in [3.63, 3.8) is 0 Å². The Morgan fingerprint density at radius 1 is 1.03 bits per heavy atom. The molecular weight excluding hydrogens is 391 g/mol. The Kier molecular flexibility index (Phi) is 8.00. The van der Waals surface area contributed by atoms with Crippen LogP contribution in [0, 0.1) is 0 Å². The average molecular weight is 417 g/mol. The summed E-state index contributed by atoms with van der Waals surface area (Å²) in [6.45, 7) is 5.81. The van der Waals surface area contributed by atoms with Gasteiger partial charge in [0.25, 0.3) is 5.91 Å². The minimum Gasteiger partial charge on any atom is -0.396 e. The number of hydrogen-bond acceptors (Lipinski definition) is 2. The van der Waals surface area contributed by atoms with Crippen LogP contribution < -0.4 is 5.32 Å². The number of carbonyl (C=O) groups excluding carboxylic acids is 1. The SMILES string of the molecule is CC.CC(CCO)NC(=O)c1ccc2c(-c3ccc(C(F)(F)F)cc3)cccc2c1. The molecule has 0 aromatic heterocycles. The summed E-state index contributed by atoms with van der Waals surface area (Å²) in [6, 6.07) is 15.7. The Bertz CT molecular complexity index is 982. The summed E-state index contributed by atoms with van der Waals surface area (Å²) < 4.78 is 38.3. The minimum atomic E-state index is -4.37. The number of hydrogen-bond donors (Lipinski definition) is 2. The third-order valence-electron chi connectivity index (χ3n) is 4.61. The van der Waals surface area contributed by atoms with Crippen molar-refractivity contribution in [1.29, 1.82) is 0 Å². The number of carbonyl (C=O) groups is 1. The van der Waals surface area contributed by atoms with Crippen molar-refractivity contribution in [3.8, 4) is 11.1 Å². The molecule has 1 amide bonds. The van der Waals surface area contributed by atoms with E-state index in [0.29, 0.717) is 17.5 Å². The molecule has 3 aromatic carbocycles. The molecule has 1 atom stereocenters. The highest BCUT2D eigenvalue weighted by Gasteiger charge is 2.30. The Balaban J connectivity index is 0.00000155. The average Bonchev–Trinajstić information content (AvgIpc) is 2.74. The first kappa shape index (κ1) is 23.4. The van der Waals surface area contributed by atoms with E-state index in [2.05, 4.69) is 5.32 Å². The maximum Gasteiger partial charge on any atom is 0.416 e. The Morgan fingerprint density at radius 2 is 1.70 bits per heavy atom. The van der Waals surface area contributed by atoms with Gasteiger partial charge in [-0.3, -0.25) is 4.79 Å². The molecule has 0 aliphatic carbocycles. The zero-order valence-electron chi connectivity index (χ0n) is 17.3. The van der Waals surface area contributed by atoms with Crippen LogP contribution in [-0.2, 0) is 6.18 Å². The van der Waals surface area contributed by atoms with Gasteiger partial charge in [-0.2, -0.15) is 13.2 Å². The summed E-state index contributed by atoms with van der Waals surface area (Å²) in [7, 11) is 0. The number of aliphatic hydroxyl groups excluding tert-OH is 1. The summed E-state index contributed by atoms with van der Waals surface area (Å²) in [4.78, 5) is 12.4. The van der Waals surface area contributed by atoms with E-state index < -0.39 is 11.7 Å². The van der Waals surface area contributed by atoms with Gasteiger partial charge in [0, 0.05) is 18.2 Å². The van der Waals surface area contributed by atoms with Gasteiger partial charge in [0.15, 0.2) is 0 Å². The predicted molar refractivity (Wildman–Crippen MR) is 114 cm³/mol. The van der Waals surface area contributed by atoms with Gasteiger partial charge in [0.05, 0.1) is 5.56 Å². The number of alkyl halides is 3. The van der Waals surface area contributed by atoms with Crippen molar-refractivity contribution in [2.24, 2.45) is 0 Å². The fourth-order valence-corrected chi connectivity index (χ4v) is 3.09. The van der Waals surface area contributed by atoms with E-state index in [1.807, 2.05) is 39.0 Å². The molecule has 30 heavy (non-hydrogen) atoms. The first-order valence-electron chi connectivity index (χ1n) is 9.91. The smallest absolute Gasteiger partial charge is 0.396 e. The van der Waals surface area contributed by atoms with Crippen LogP contribution >= 0.6 is 0 Å².